The first-order valence-corrected chi connectivity index (χ1v) is 6.52. The zero-order valence-corrected chi connectivity index (χ0v) is 11.7. The summed E-state index contributed by atoms with van der Waals surface area (Å²) in [5, 5.41) is 0. The van der Waals surface area contributed by atoms with Crippen LogP contribution in [0.5, 0.6) is 5.75 Å². The number of hydrogen-bond donors (Lipinski definition) is 2. The molecule has 106 valence electrons. The minimum Gasteiger partial charge on any atom is -0.497 e. The van der Waals surface area contributed by atoms with E-state index in [1.54, 1.807) is 7.11 Å². The number of nitrogens with two attached hydrogens (primary N) is 1. The normalized spacial score (nSPS) is 10.1. The smallest absolute Gasteiger partial charge is 0.233 e. The van der Waals surface area contributed by atoms with Crippen LogP contribution in [-0.2, 0) is 4.79 Å². The second-order valence-electron chi connectivity index (χ2n) is 4.50. The highest BCUT2D eigenvalue weighted by Gasteiger charge is 2.03. The molecule has 0 heterocycles. The monoisotopic (exact) mass is 265 g/mol. The number of unbranched alkanes of at least 4 members (excludes halogenated alkanes) is 2. The number of amides is 1. The lowest BCUT2D eigenvalue weighted by Crippen LogP contribution is -2.29. The number of hydrazine groups is 1. The lowest BCUT2D eigenvalue weighted by atomic mass is 10.2. The van der Waals surface area contributed by atoms with Gasteiger partial charge in [0, 0.05) is 31.8 Å². The summed E-state index contributed by atoms with van der Waals surface area (Å²) in [4.78, 5) is 13.1. The minimum atomic E-state index is -0.0962. The topological polar surface area (TPSA) is 67.6 Å². The van der Waals surface area contributed by atoms with Crippen LogP contribution in [0, 0.1) is 0 Å². The van der Waals surface area contributed by atoms with Gasteiger partial charge in [-0.25, -0.2) is 5.84 Å². The molecule has 0 spiro atoms. The van der Waals surface area contributed by atoms with Crippen LogP contribution in [0.2, 0.25) is 0 Å². The largest absolute Gasteiger partial charge is 0.497 e. The summed E-state index contributed by atoms with van der Waals surface area (Å²) in [6, 6.07) is 7.99. The van der Waals surface area contributed by atoms with Crippen LogP contribution in [-0.4, -0.2) is 26.6 Å². The maximum absolute atomic E-state index is 10.9. The van der Waals surface area contributed by atoms with E-state index in [1.165, 1.54) is 0 Å². The van der Waals surface area contributed by atoms with Gasteiger partial charge in [-0.1, -0.05) is 12.5 Å². The van der Waals surface area contributed by atoms with Crippen LogP contribution in [0.15, 0.2) is 24.3 Å². The molecule has 0 saturated heterocycles. The molecule has 0 aliphatic rings. The van der Waals surface area contributed by atoms with E-state index in [0.29, 0.717) is 6.42 Å². The summed E-state index contributed by atoms with van der Waals surface area (Å²) in [6.07, 6.45) is 3.43. The average molecular weight is 265 g/mol. The number of hydrogen-bond acceptors (Lipinski definition) is 4. The molecule has 0 aromatic heterocycles. The molecule has 1 aromatic carbocycles. The maximum Gasteiger partial charge on any atom is 0.233 e. The van der Waals surface area contributed by atoms with Gasteiger partial charge in [0.2, 0.25) is 5.91 Å². The van der Waals surface area contributed by atoms with E-state index in [4.69, 9.17) is 10.6 Å². The van der Waals surface area contributed by atoms with Crippen molar-refractivity contribution >= 4 is 11.6 Å². The number of carbonyl (C=O) groups is 1. The highest BCUT2D eigenvalue weighted by atomic mass is 16.5. The Balaban J connectivity index is 2.27. The quantitative estimate of drug-likeness (QED) is 0.325. The van der Waals surface area contributed by atoms with Crippen molar-refractivity contribution in [2.45, 2.75) is 25.7 Å². The van der Waals surface area contributed by atoms with E-state index in [2.05, 4.69) is 23.4 Å². The second kappa shape index (κ2) is 8.37. The Bertz CT molecular complexity index is 396. The number of carbonyl (C=O) groups excluding carboxylic acids is 1. The Morgan fingerprint density at radius 3 is 2.84 bits per heavy atom. The van der Waals surface area contributed by atoms with E-state index < -0.39 is 0 Å². The molecule has 0 unspecified atom stereocenters. The van der Waals surface area contributed by atoms with Gasteiger partial charge in [0.15, 0.2) is 0 Å². The van der Waals surface area contributed by atoms with Crippen molar-refractivity contribution in [2.75, 3.05) is 25.6 Å². The molecule has 0 aliphatic carbocycles. The Hall–Kier alpha value is -1.75. The van der Waals surface area contributed by atoms with Gasteiger partial charge < -0.3 is 9.64 Å². The lowest BCUT2D eigenvalue weighted by Gasteiger charge is -2.19. The molecule has 0 aliphatic heterocycles. The summed E-state index contributed by atoms with van der Waals surface area (Å²) in [7, 11) is 3.73. The molecule has 19 heavy (non-hydrogen) atoms. The Kier molecular flexibility index (Phi) is 6.74. The lowest BCUT2D eigenvalue weighted by molar-refractivity contribution is -0.121. The first kappa shape index (κ1) is 15.3. The summed E-state index contributed by atoms with van der Waals surface area (Å²) >= 11 is 0. The van der Waals surface area contributed by atoms with E-state index in [0.717, 1.165) is 37.2 Å². The number of rotatable bonds is 8. The van der Waals surface area contributed by atoms with Gasteiger partial charge in [-0.3, -0.25) is 10.2 Å². The molecule has 5 nitrogen and oxygen atoms in total. The van der Waals surface area contributed by atoms with Gasteiger partial charge in [-0.2, -0.15) is 0 Å². The number of ether oxygens (including phenoxy) is 1. The fourth-order valence-electron chi connectivity index (χ4n) is 1.86. The molecule has 3 N–H and O–H groups in total. The van der Waals surface area contributed by atoms with E-state index >= 15 is 0 Å². The number of nitrogens with zero attached hydrogens (tertiary/aromatic N) is 1. The molecule has 0 atom stereocenters. The first-order chi connectivity index (χ1) is 9.17. The molecule has 0 fully saturated rings. The molecule has 1 rings (SSSR count). The minimum absolute atomic E-state index is 0.0962. The van der Waals surface area contributed by atoms with E-state index in [9.17, 15) is 4.79 Å². The zero-order chi connectivity index (χ0) is 14.1. The summed E-state index contributed by atoms with van der Waals surface area (Å²) in [6.45, 7) is 0.956. The van der Waals surface area contributed by atoms with Gasteiger partial charge in [0.25, 0.3) is 0 Å². The molecule has 0 bridgehead atoms. The van der Waals surface area contributed by atoms with Crippen LogP contribution >= 0.6 is 0 Å². The zero-order valence-electron chi connectivity index (χ0n) is 11.7. The molecule has 1 amide bonds. The van der Waals surface area contributed by atoms with Crippen LogP contribution in [0.3, 0.4) is 0 Å². The van der Waals surface area contributed by atoms with Crippen LogP contribution in [0.1, 0.15) is 25.7 Å². The van der Waals surface area contributed by atoms with Gasteiger partial charge >= 0.3 is 0 Å². The Morgan fingerprint density at radius 1 is 1.37 bits per heavy atom. The summed E-state index contributed by atoms with van der Waals surface area (Å²) in [5.41, 5.74) is 3.28. The van der Waals surface area contributed by atoms with Crippen molar-refractivity contribution in [3.8, 4) is 5.75 Å². The van der Waals surface area contributed by atoms with Crippen molar-refractivity contribution in [3.05, 3.63) is 24.3 Å². The third kappa shape index (κ3) is 5.61. The van der Waals surface area contributed by atoms with Crippen LogP contribution in [0.4, 0.5) is 5.69 Å². The first-order valence-electron chi connectivity index (χ1n) is 6.52. The van der Waals surface area contributed by atoms with Crippen molar-refractivity contribution in [3.63, 3.8) is 0 Å². The van der Waals surface area contributed by atoms with Crippen molar-refractivity contribution in [1.82, 2.24) is 5.43 Å². The van der Waals surface area contributed by atoms with Gasteiger partial charge in [-0.05, 0) is 25.0 Å². The third-order valence-electron chi connectivity index (χ3n) is 3.05. The van der Waals surface area contributed by atoms with E-state index in [1.807, 2.05) is 18.2 Å². The summed E-state index contributed by atoms with van der Waals surface area (Å²) in [5.74, 6) is 5.79. The molecule has 1 aromatic rings. The number of anilines is 1. The molecule has 0 saturated carbocycles. The average Bonchev–Trinajstić information content (AvgIpc) is 2.46. The van der Waals surface area contributed by atoms with Gasteiger partial charge in [0.1, 0.15) is 5.75 Å². The molecule has 0 radical (unpaired) electrons. The number of nitrogens with one attached hydrogen (secondary N) is 1. The Morgan fingerprint density at radius 2 is 2.16 bits per heavy atom. The maximum atomic E-state index is 10.9. The highest BCUT2D eigenvalue weighted by molar-refractivity contribution is 5.75. The van der Waals surface area contributed by atoms with Crippen molar-refractivity contribution in [1.29, 1.82) is 0 Å². The number of methoxy groups -OCH3 is 1. The predicted octanol–water partition coefficient (Wildman–Crippen LogP) is 1.68. The van der Waals surface area contributed by atoms with Crippen molar-refractivity contribution < 1.29 is 9.53 Å². The van der Waals surface area contributed by atoms with Crippen LogP contribution in [0.25, 0.3) is 0 Å². The standard InChI is InChI=1S/C14H23N3O2/c1-17(10-5-3-4-9-14(18)16-15)12-7-6-8-13(11-12)19-2/h6-8,11H,3-5,9-10,15H2,1-2H3,(H,16,18). The van der Waals surface area contributed by atoms with Gasteiger partial charge in [-0.15, -0.1) is 0 Å². The SMILES string of the molecule is COc1cccc(N(C)CCCCCC(=O)NN)c1. The Labute approximate surface area is 114 Å². The van der Waals surface area contributed by atoms with Crippen LogP contribution < -0.4 is 20.9 Å². The van der Waals surface area contributed by atoms with Gasteiger partial charge in [0.05, 0.1) is 7.11 Å². The molecule has 5 heteroatoms. The van der Waals surface area contributed by atoms with E-state index in [-0.39, 0.29) is 5.91 Å². The highest BCUT2D eigenvalue weighted by Crippen LogP contribution is 2.20. The summed E-state index contributed by atoms with van der Waals surface area (Å²) < 4.78 is 5.20. The predicted molar refractivity (Wildman–Crippen MR) is 77.1 cm³/mol. The third-order valence-corrected chi connectivity index (χ3v) is 3.05. The fraction of sp³-hybridized carbons (Fsp3) is 0.500. The van der Waals surface area contributed by atoms with Crippen molar-refractivity contribution in [2.24, 2.45) is 5.84 Å². The second-order valence-corrected chi connectivity index (χ2v) is 4.50. The fourth-order valence-corrected chi connectivity index (χ4v) is 1.86. The molecular weight excluding hydrogens is 242 g/mol. The molecular formula is C14H23N3O2. The number of benzene rings is 1.